The summed E-state index contributed by atoms with van der Waals surface area (Å²) in [4.78, 5) is 0. The summed E-state index contributed by atoms with van der Waals surface area (Å²) in [6.45, 7) is 4.36. The maximum atomic E-state index is 5.87. The molecule has 2 aromatic rings. The summed E-state index contributed by atoms with van der Waals surface area (Å²) in [6.07, 6.45) is 8.47. The van der Waals surface area contributed by atoms with Crippen molar-refractivity contribution in [3.8, 4) is 0 Å². The van der Waals surface area contributed by atoms with Gasteiger partial charge in [0.2, 0.25) is 0 Å². The third-order valence-corrected chi connectivity index (χ3v) is 3.61. The zero-order valence-corrected chi connectivity index (χ0v) is 12.6. The van der Waals surface area contributed by atoms with E-state index in [0.29, 0.717) is 0 Å². The summed E-state index contributed by atoms with van der Waals surface area (Å²) in [7, 11) is 2.04. The van der Waals surface area contributed by atoms with Crippen molar-refractivity contribution >= 4 is 17.3 Å². The molecule has 2 rings (SSSR count). The molecule has 20 heavy (non-hydrogen) atoms. The molecule has 2 heteroatoms. The number of benzene rings is 1. The van der Waals surface area contributed by atoms with Crippen LogP contribution in [0.4, 0.5) is 5.69 Å². The Labute approximate surface area is 121 Å². The Kier molecular flexibility index (Phi) is 4.57. The van der Waals surface area contributed by atoms with Crippen molar-refractivity contribution in [2.45, 2.75) is 26.7 Å². The highest BCUT2D eigenvalue weighted by molar-refractivity contribution is 5.82. The smallest absolute Gasteiger partial charge is 0.169 e. The molecule has 0 saturated carbocycles. The number of nitrogen functional groups attached to an aromatic ring is 1. The highest BCUT2D eigenvalue weighted by Crippen LogP contribution is 2.24. The molecule has 0 radical (unpaired) electrons. The van der Waals surface area contributed by atoms with Crippen molar-refractivity contribution in [3.63, 3.8) is 0 Å². The second-order valence-electron chi connectivity index (χ2n) is 5.09. The Morgan fingerprint density at radius 2 is 1.85 bits per heavy atom. The van der Waals surface area contributed by atoms with E-state index in [1.165, 1.54) is 22.3 Å². The number of aromatic nitrogens is 1. The first-order valence-corrected chi connectivity index (χ1v) is 7.18. The van der Waals surface area contributed by atoms with Crippen molar-refractivity contribution in [1.82, 2.24) is 0 Å². The monoisotopic (exact) mass is 267 g/mol. The quantitative estimate of drug-likeness (QED) is 0.665. The average molecular weight is 267 g/mol. The normalized spacial score (nSPS) is 11.7. The molecule has 0 saturated heterocycles. The molecular formula is C18H23N2+. The SMILES string of the molecule is CCC(=Cc1ccc(N)cc1CC)c1cc[n+](C)cc1. The van der Waals surface area contributed by atoms with Gasteiger partial charge in [0, 0.05) is 17.8 Å². The maximum Gasteiger partial charge on any atom is 0.169 e. The molecule has 1 aromatic heterocycles. The first-order chi connectivity index (χ1) is 9.63. The van der Waals surface area contributed by atoms with Crippen molar-refractivity contribution in [2.24, 2.45) is 7.05 Å². The number of hydrogen-bond donors (Lipinski definition) is 1. The van der Waals surface area contributed by atoms with Crippen LogP contribution < -0.4 is 10.3 Å². The lowest BCUT2D eigenvalue weighted by atomic mass is 9.97. The van der Waals surface area contributed by atoms with E-state index in [2.05, 4.69) is 61.1 Å². The van der Waals surface area contributed by atoms with Gasteiger partial charge < -0.3 is 5.73 Å². The van der Waals surface area contributed by atoms with E-state index in [4.69, 9.17) is 5.73 Å². The summed E-state index contributed by atoms with van der Waals surface area (Å²) < 4.78 is 2.05. The van der Waals surface area contributed by atoms with Gasteiger partial charge in [-0.3, -0.25) is 0 Å². The molecule has 0 spiro atoms. The number of anilines is 1. The summed E-state index contributed by atoms with van der Waals surface area (Å²) >= 11 is 0. The summed E-state index contributed by atoms with van der Waals surface area (Å²) in [5, 5.41) is 0. The molecule has 1 heterocycles. The van der Waals surface area contributed by atoms with Crippen LogP contribution in [0.1, 0.15) is 37.0 Å². The van der Waals surface area contributed by atoms with Crippen LogP contribution in [0.3, 0.4) is 0 Å². The topological polar surface area (TPSA) is 29.9 Å². The summed E-state index contributed by atoms with van der Waals surface area (Å²) in [5.41, 5.74) is 11.9. The highest BCUT2D eigenvalue weighted by atomic mass is 14.9. The van der Waals surface area contributed by atoms with E-state index in [-0.39, 0.29) is 0 Å². The molecule has 0 aliphatic carbocycles. The molecule has 2 nitrogen and oxygen atoms in total. The van der Waals surface area contributed by atoms with Gasteiger partial charge in [0.15, 0.2) is 12.4 Å². The second kappa shape index (κ2) is 6.38. The predicted octanol–water partition coefficient (Wildman–Crippen LogP) is 3.61. The summed E-state index contributed by atoms with van der Waals surface area (Å²) in [6, 6.07) is 10.5. The number of pyridine rings is 1. The van der Waals surface area contributed by atoms with E-state index in [1.807, 2.05) is 13.1 Å². The van der Waals surface area contributed by atoms with Gasteiger partial charge in [-0.05, 0) is 47.2 Å². The van der Waals surface area contributed by atoms with Gasteiger partial charge in [0.05, 0.1) is 0 Å². The van der Waals surface area contributed by atoms with Crippen LogP contribution in [0.25, 0.3) is 11.6 Å². The molecule has 0 aliphatic heterocycles. The van der Waals surface area contributed by atoms with Gasteiger partial charge >= 0.3 is 0 Å². The Bertz CT molecular complexity index is 610. The lowest BCUT2D eigenvalue weighted by Gasteiger charge is -2.08. The van der Waals surface area contributed by atoms with E-state index in [1.54, 1.807) is 0 Å². The van der Waals surface area contributed by atoms with Crippen LogP contribution >= 0.6 is 0 Å². The second-order valence-corrected chi connectivity index (χ2v) is 5.09. The minimum absolute atomic E-state index is 0.837. The van der Waals surface area contributed by atoms with Crippen molar-refractivity contribution in [3.05, 3.63) is 59.4 Å². The number of nitrogens with two attached hydrogens (primary N) is 1. The largest absolute Gasteiger partial charge is 0.399 e. The average Bonchev–Trinajstić information content (AvgIpc) is 2.47. The number of rotatable bonds is 4. The van der Waals surface area contributed by atoms with Crippen LogP contribution in [0, 0.1) is 0 Å². The number of hydrogen-bond acceptors (Lipinski definition) is 1. The fourth-order valence-corrected chi connectivity index (χ4v) is 2.36. The van der Waals surface area contributed by atoms with Gasteiger partial charge in [-0.2, -0.15) is 0 Å². The number of aryl methyl sites for hydroxylation is 2. The van der Waals surface area contributed by atoms with Crippen molar-refractivity contribution in [2.75, 3.05) is 5.73 Å². The molecule has 0 amide bonds. The Morgan fingerprint density at radius 1 is 1.15 bits per heavy atom. The third kappa shape index (κ3) is 3.27. The van der Waals surface area contributed by atoms with Gasteiger partial charge in [-0.25, -0.2) is 4.57 Å². The van der Waals surface area contributed by atoms with E-state index < -0.39 is 0 Å². The van der Waals surface area contributed by atoms with E-state index in [0.717, 1.165) is 18.5 Å². The fourth-order valence-electron chi connectivity index (χ4n) is 2.36. The number of nitrogens with zero attached hydrogens (tertiary/aromatic N) is 1. The van der Waals surface area contributed by atoms with Crippen LogP contribution in [-0.2, 0) is 13.5 Å². The Balaban J connectivity index is 2.43. The van der Waals surface area contributed by atoms with E-state index in [9.17, 15) is 0 Å². The Hall–Kier alpha value is -2.09. The van der Waals surface area contributed by atoms with Gasteiger partial charge in [0.1, 0.15) is 7.05 Å². The number of allylic oxidation sites excluding steroid dienone is 1. The zero-order valence-electron chi connectivity index (χ0n) is 12.6. The predicted molar refractivity (Wildman–Crippen MR) is 86.0 cm³/mol. The van der Waals surface area contributed by atoms with Crippen LogP contribution in [0.15, 0.2) is 42.7 Å². The standard InChI is InChI=1S/C18H22N2/c1-4-14(16-8-10-20(3)11-9-16)12-17-6-7-18(19)13-15(17)5-2/h6-13,19H,4-5H2,1-3H3/p+1. The van der Waals surface area contributed by atoms with Crippen molar-refractivity contribution < 1.29 is 4.57 Å². The first kappa shape index (κ1) is 14.3. The minimum atomic E-state index is 0.837. The third-order valence-electron chi connectivity index (χ3n) is 3.61. The molecule has 0 atom stereocenters. The molecule has 0 unspecified atom stereocenters. The lowest BCUT2D eigenvalue weighted by Crippen LogP contribution is -2.25. The van der Waals surface area contributed by atoms with Crippen molar-refractivity contribution in [1.29, 1.82) is 0 Å². The highest BCUT2D eigenvalue weighted by Gasteiger charge is 2.04. The van der Waals surface area contributed by atoms with Crippen LogP contribution in [0.5, 0.6) is 0 Å². The van der Waals surface area contributed by atoms with Crippen LogP contribution in [-0.4, -0.2) is 0 Å². The maximum absolute atomic E-state index is 5.87. The molecule has 0 fully saturated rings. The van der Waals surface area contributed by atoms with Crippen LogP contribution in [0.2, 0.25) is 0 Å². The molecule has 1 aromatic carbocycles. The minimum Gasteiger partial charge on any atom is -0.399 e. The molecule has 2 N–H and O–H groups in total. The van der Waals surface area contributed by atoms with Gasteiger partial charge in [-0.15, -0.1) is 0 Å². The molecule has 0 bridgehead atoms. The first-order valence-electron chi connectivity index (χ1n) is 7.18. The zero-order chi connectivity index (χ0) is 14.5. The molecular weight excluding hydrogens is 244 g/mol. The van der Waals surface area contributed by atoms with Gasteiger partial charge in [-0.1, -0.05) is 26.0 Å². The molecule has 104 valence electrons. The van der Waals surface area contributed by atoms with E-state index >= 15 is 0 Å². The lowest BCUT2D eigenvalue weighted by molar-refractivity contribution is -0.671. The fraction of sp³-hybridized carbons (Fsp3) is 0.278. The Morgan fingerprint density at radius 3 is 2.45 bits per heavy atom. The van der Waals surface area contributed by atoms with Gasteiger partial charge in [0.25, 0.3) is 0 Å². The molecule has 0 aliphatic rings. The summed E-state index contributed by atoms with van der Waals surface area (Å²) in [5.74, 6) is 0.